The second-order valence-electron chi connectivity index (χ2n) is 5.82. The van der Waals surface area contributed by atoms with Crippen LogP contribution in [-0.4, -0.2) is 29.6 Å². The fraction of sp³-hybridized carbons (Fsp3) is 0.158. The van der Waals surface area contributed by atoms with Crippen molar-refractivity contribution in [2.75, 3.05) is 13.1 Å². The van der Waals surface area contributed by atoms with E-state index in [-0.39, 0.29) is 17.5 Å². The zero-order chi connectivity index (χ0) is 18.0. The number of hydrogen-bond donors (Lipinski definition) is 2. The predicted octanol–water partition coefficient (Wildman–Crippen LogP) is 4.12. The Labute approximate surface area is 156 Å². The van der Waals surface area contributed by atoms with E-state index >= 15 is 0 Å². The molecule has 0 aromatic heterocycles. The van der Waals surface area contributed by atoms with E-state index in [9.17, 15) is 4.79 Å². The van der Waals surface area contributed by atoms with E-state index in [2.05, 4.69) is 0 Å². The van der Waals surface area contributed by atoms with Crippen molar-refractivity contribution in [3.8, 4) is 0 Å². The lowest BCUT2D eigenvalue weighted by Gasteiger charge is -2.30. The monoisotopic (exact) mass is 373 g/mol. The number of benzene rings is 2. The molecule has 0 aliphatic carbocycles. The van der Waals surface area contributed by atoms with Crippen LogP contribution in [0.2, 0.25) is 10.0 Å². The van der Waals surface area contributed by atoms with E-state index in [1.54, 1.807) is 23.1 Å². The molecule has 0 saturated heterocycles. The average Bonchev–Trinajstić information content (AvgIpc) is 2.63. The second-order valence-corrected chi connectivity index (χ2v) is 6.61. The molecule has 1 amide bonds. The van der Waals surface area contributed by atoms with Crippen LogP contribution in [0, 0.1) is 5.41 Å². The third-order valence-corrected chi connectivity index (χ3v) is 5.03. The maximum Gasteiger partial charge on any atom is 0.255 e. The molecule has 2 aromatic rings. The lowest BCUT2D eigenvalue weighted by molar-refractivity contribution is 0.0764. The van der Waals surface area contributed by atoms with Crippen LogP contribution < -0.4 is 5.73 Å². The topological polar surface area (TPSA) is 70.2 Å². The summed E-state index contributed by atoms with van der Waals surface area (Å²) in [6.45, 7) is 0.749. The standard InChI is InChI=1S/C19H17Cl2N3O/c20-15-8-4-7-14(17(15)21)19(25)24-10-9-13(16(22)11-24)18(23)12-5-2-1-3-6-12/h1-8,23H,9-11,22H2. The summed E-state index contributed by atoms with van der Waals surface area (Å²) in [7, 11) is 0. The van der Waals surface area contributed by atoms with Crippen LogP contribution in [0.5, 0.6) is 0 Å². The zero-order valence-electron chi connectivity index (χ0n) is 13.4. The fourth-order valence-corrected chi connectivity index (χ4v) is 3.25. The first-order valence-electron chi connectivity index (χ1n) is 7.84. The van der Waals surface area contributed by atoms with Crippen molar-refractivity contribution in [1.82, 2.24) is 4.90 Å². The maximum absolute atomic E-state index is 12.7. The van der Waals surface area contributed by atoms with E-state index in [1.807, 2.05) is 30.3 Å². The molecule has 0 fully saturated rings. The van der Waals surface area contributed by atoms with Crippen molar-refractivity contribution in [3.05, 3.63) is 81.0 Å². The van der Waals surface area contributed by atoms with Crippen LogP contribution in [0.1, 0.15) is 22.3 Å². The number of nitrogens with zero attached hydrogens (tertiary/aromatic N) is 1. The summed E-state index contributed by atoms with van der Waals surface area (Å²) in [6, 6.07) is 14.4. The number of rotatable bonds is 3. The van der Waals surface area contributed by atoms with E-state index < -0.39 is 0 Å². The van der Waals surface area contributed by atoms with Crippen LogP contribution in [0.15, 0.2) is 59.8 Å². The van der Waals surface area contributed by atoms with Crippen LogP contribution >= 0.6 is 23.2 Å². The van der Waals surface area contributed by atoms with Gasteiger partial charge in [-0.2, -0.15) is 0 Å². The number of nitrogens with two attached hydrogens (primary N) is 1. The summed E-state index contributed by atoms with van der Waals surface area (Å²) in [6.07, 6.45) is 0.531. The Kier molecular flexibility index (Phi) is 5.11. The first-order chi connectivity index (χ1) is 12.0. The Morgan fingerprint density at radius 1 is 1.08 bits per heavy atom. The SMILES string of the molecule is N=C(C1=C(N)CN(C(=O)c2cccc(Cl)c2Cl)CC1)c1ccccc1. The van der Waals surface area contributed by atoms with Gasteiger partial charge in [-0.3, -0.25) is 10.2 Å². The third-order valence-electron chi connectivity index (χ3n) is 4.21. The van der Waals surface area contributed by atoms with Crippen molar-refractivity contribution >= 4 is 34.8 Å². The first-order valence-corrected chi connectivity index (χ1v) is 8.59. The molecule has 0 bridgehead atoms. The Bertz CT molecular complexity index is 862. The highest BCUT2D eigenvalue weighted by molar-refractivity contribution is 6.43. The van der Waals surface area contributed by atoms with Crippen molar-refractivity contribution in [3.63, 3.8) is 0 Å². The molecule has 1 aliphatic rings. The molecule has 3 N–H and O–H groups in total. The van der Waals surface area contributed by atoms with Gasteiger partial charge in [-0.05, 0) is 29.7 Å². The lowest BCUT2D eigenvalue weighted by Crippen LogP contribution is -2.40. The number of amides is 1. The molecular formula is C19H17Cl2N3O. The minimum Gasteiger partial charge on any atom is -0.400 e. The van der Waals surface area contributed by atoms with Gasteiger partial charge in [-0.15, -0.1) is 0 Å². The Hall–Kier alpha value is -2.30. The minimum atomic E-state index is -0.208. The zero-order valence-corrected chi connectivity index (χ0v) is 14.9. The summed E-state index contributed by atoms with van der Waals surface area (Å²) in [4.78, 5) is 14.3. The Morgan fingerprint density at radius 3 is 2.48 bits per heavy atom. The highest BCUT2D eigenvalue weighted by Gasteiger charge is 2.26. The fourth-order valence-electron chi connectivity index (χ4n) is 2.86. The minimum absolute atomic E-state index is 0.208. The molecule has 2 aromatic carbocycles. The number of hydrogen-bond acceptors (Lipinski definition) is 3. The van der Waals surface area contributed by atoms with Crippen LogP contribution in [0.3, 0.4) is 0 Å². The molecule has 4 nitrogen and oxygen atoms in total. The van der Waals surface area contributed by atoms with Gasteiger partial charge in [0, 0.05) is 12.2 Å². The van der Waals surface area contributed by atoms with Gasteiger partial charge in [0.2, 0.25) is 0 Å². The van der Waals surface area contributed by atoms with Crippen molar-refractivity contribution < 1.29 is 4.79 Å². The highest BCUT2D eigenvalue weighted by atomic mass is 35.5. The average molecular weight is 374 g/mol. The molecular weight excluding hydrogens is 357 g/mol. The van der Waals surface area contributed by atoms with E-state index in [0.717, 1.165) is 11.1 Å². The molecule has 25 heavy (non-hydrogen) atoms. The predicted molar refractivity (Wildman–Crippen MR) is 101 cm³/mol. The quantitative estimate of drug-likeness (QED) is 0.794. The number of halogens is 2. The third kappa shape index (κ3) is 3.55. The van der Waals surface area contributed by atoms with Crippen molar-refractivity contribution in [2.24, 2.45) is 5.73 Å². The van der Waals surface area contributed by atoms with E-state index in [4.69, 9.17) is 34.3 Å². The molecule has 128 valence electrons. The summed E-state index contributed by atoms with van der Waals surface area (Å²) < 4.78 is 0. The summed E-state index contributed by atoms with van der Waals surface area (Å²) in [5.74, 6) is -0.208. The highest BCUT2D eigenvalue weighted by Crippen LogP contribution is 2.28. The van der Waals surface area contributed by atoms with Gasteiger partial charge in [0.1, 0.15) is 0 Å². The van der Waals surface area contributed by atoms with Gasteiger partial charge in [0.05, 0.1) is 27.9 Å². The molecule has 6 heteroatoms. The van der Waals surface area contributed by atoms with Crippen LogP contribution in [-0.2, 0) is 0 Å². The maximum atomic E-state index is 12.7. The van der Waals surface area contributed by atoms with Crippen LogP contribution in [0.4, 0.5) is 0 Å². The first kappa shape index (κ1) is 17.5. The second kappa shape index (κ2) is 7.30. The Balaban J connectivity index is 1.81. The van der Waals surface area contributed by atoms with Crippen LogP contribution in [0.25, 0.3) is 0 Å². The molecule has 0 radical (unpaired) electrons. The largest absolute Gasteiger partial charge is 0.400 e. The number of nitrogens with one attached hydrogen (secondary N) is 1. The van der Waals surface area contributed by atoms with E-state index in [0.29, 0.717) is 35.0 Å². The molecule has 0 unspecified atom stereocenters. The molecule has 3 rings (SSSR count). The summed E-state index contributed by atoms with van der Waals surface area (Å²) >= 11 is 12.1. The Morgan fingerprint density at radius 2 is 1.80 bits per heavy atom. The summed E-state index contributed by atoms with van der Waals surface area (Å²) in [5, 5.41) is 8.97. The van der Waals surface area contributed by atoms with Gasteiger partial charge in [-0.25, -0.2) is 0 Å². The van der Waals surface area contributed by atoms with Gasteiger partial charge in [0.25, 0.3) is 5.91 Å². The molecule has 1 heterocycles. The van der Waals surface area contributed by atoms with Gasteiger partial charge in [-0.1, -0.05) is 59.6 Å². The number of carbonyl (C=O) groups is 1. The summed E-state index contributed by atoms with van der Waals surface area (Å²) in [5.41, 5.74) is 9.09. The molecule has 0 saturated carbocycles. The van der Waals surface area contributed by atoms with Gasteiger partial charge in [0.15, 0.2) is 0 Å². The smallest absolute Gasteiger partial charge is 0.255 e. The molecule has 0 atom stereocenters. The van der Waals surface area contributed by atoms with Crippen molar-refractivity contribution in [1.29, 1.82) is 5.41 Å². The molecule has 0 spiro atoms. The van der Waals surface area contributed by atoms with Gasteiger partial charge < -0.3 is 10.6 Å². The molecule has 1 aliphatic heterocycles. The van der Waals surface area contributed by atoms with Crippen molar-refractivity contribution in [2.45, 2.75) is 6.42 Å². The lowest BCUT2D eigenvalue weighted by atomic mass is 9.95. The normalized spacial score (nSPS) is 14.6. The van der Waals surface area contributed by atoms with Gasteiger partial charge >= 0.3 is 0 Å². The number of carbonyl (C=O) groups excluding carboxylic acids is 1. The van der Waals surface area contributed by atoms with E-state index in [1.165, 1.54) is 0 Å².